The Morgan fingerprint density at radius 2 is 2.46 bits per heavy atom. The number of nitrogens with two attached hydrogens (primary N) is 1. The average molecular weight is 179 g/mol. The van der Waals surface area contributed by atoms with E-state index in [1.807, 2.05) is 12.5 Å². The summed E-state index contributed by atoms with van der Waals surface area (Å²) in [4.78, 5) is 4.19. The van der Waals surface area contributed by atoms with Crippen LogP contribution in [0.5, 0.6) is 0 Å². The predicted molar refractivity (Wildman–Crippen MR) is 52.5 cm³/mol. The van der Waals surface area contributed by atoms with Crippen LogP contribution in [0.4, 0.5) is 0 Å². The van der Waals surface area contributed by atoms with Crippen LogP contribution < -0.4 is 5.73 Å². The first kappa shape index (κ1) is 8.75. The SMILES string of the molecule is CC(CN)c1cncn1C1CC1C. The molecule has 1 saturated carbocycles. The van der Waals surface area contributed by atoms with Crippen LogP contribution in [0.25, 0.3) is 0 Å². The van der Waals surface area contributed by atoms with Gasteiger partial charge in [0.1, 0.15) is 0 Å². The van der Waals surface area contributed by atoms with Crippen molar-refractivity contribution in [3.63, 3.8) is 0 Å². The van der Waals surface area contributed by atoms with Crippen LogP contribution in [-0.4, -0.2) is 16.1 Å². The summed E-state index contributed by atoms with van der Waals surface area (Å²) in [6.45, 7) is 5.13. The minimum atomic E-state index is 0.426. The molecule has 1 aliphatic rings. The van der Waals surface area contributed by atoms with Crippen LogP contribution >= 0.6 is 0 Å². The zero-order chi connectivity index (χ0) is 9.42. The van der Waals surface area contributed by atoms with E-state index >= 15 is 0 Å². The van der Waals surface area contributed by atoms with Crippen LogP contribution in [0, 0.1) is 5.92 Å². The van der Waals surface area contributed by atoms with E-state index in [0.29, 0.717) is 18.5 Å². The summed E-state index contributed by atoms with van der Waals surface area (Å²) in [6, 6.07) is 0.687. The number of rotatable bonds is 3. The summed E-state index contributed by atoms with van der Waals surface area (Å²) in [5.74, 6) is 1.24. The Morgan fingerprint density at radius 1 is 1.77 bits per heavy atom. The lowest BCUT2D eigenvalue weighted by molar-refractivity contribution is 0.609. The Labute approximate surface area is 79.0 Å². The Balaban J connectivity index is 2.21. The van der Waals surface area contributed by atoms with Gasteiger partial charge in [0.25, 0.3) is 0 Å². The minimum Gasteiger partial charge on any atom is -0.331 e. The molecule has 2 rings (SSSR count). The maximum atomic E-state index is 5.65. The summed E-state index contributed by atoms with van der Waals surface area (Å²) in [5, 5.41) is 0. The zero-order valence-electron chi connectivity index (χ0n) is 8.27. The largest absolute Gasteiger partial charge is 0.331 e. The first-order valence-electron chi connectivity index (χ1n) is 4.95. The highest BCUT2D eigenvalue weighted by Crippen LogP contribution is 2.43. The van der Waals surface area contributed by atoms with E-state index in [2.05, 4.69) is 23.4 Å². The van der Waals surface area contributed by atoms with Gasteiger partial charge in [0, 0.05) is 30.4 Å². The van der Waals surface area contributed by atoms with Gasteiger partial charge >= 0.3 is 0 Å². The van der Waals surface area contributed by atoms with E-state index in [4.69, 9.17) is 5.73 Å². The monoisotopic (exact) mass is 179 g/mol. The quantitative estimate of drug-likeness (QED) is 0.764. The lowest BCUT2D eigenvalue weighted by Gasteiger charge is -2.11. The van der Waals surface area contributed by atoms with E-state index in [1.54, 1.807) is 0 Å². The maximum Gasteiger partial charge on any atom is 0.0950 e. The van der Waals surface area contributed by atoms with Gasteiger partial charge in [-0.2, -0.15) is 0 Å². The first-order chi connectivity index (χ1) is 6.24. The molecule has 3 heteroatoms. The minimum absolute atomic E-state index is 0.426. The zero-order valence-corrected chi connectivity index (χ0v) is 8.27. The van der Waals surface area contributed by atoms with E-state index in [9.17, 15) is 0 Å². The number of hydrogen-bond donors (Lipinski definition) is 1. The van der Waals surface area contributed by atoms with Crippen molar-refractivity contribution < 1.29 is 0 Å². The number of nitrogens with zero attached hydrogens (tertiary/aromatic N) is 2. The Bertz CT molecular complexity index is 274. The van der Waals surface area contributed by atoms with E-state index in [-0.39, 0.29) is 0 Å². The summed E-state index contributed by atoms with van der Waals surface area (Å²) < 4.78 is 2.29. The molecule has 0 spiro atoms. The third-order valence-electron chi connectivity index (χ3n) is 2.98. The summed E-state index contributed by atoms with van der Waals surface area (Å²) in [7, 11) is 0. The Kier molecular flexibility index (Phi) is 2.12. The van der Waals surface area contributed by atoms with Crippen LogP contribution in [0.15, 0.2) is 12.5 Å². The molecule has 3 nitrogen and oxygen atoms in total. The van der Waals surface area contributed by atoms with Gasteiger partial charge in [0.15, 0.2) is 0 Å². The van der Waals surface area contributed by atoms with Crippen molar-refractivity contribution in [3.8, 4) is 0 Å². The predicted octanol–water partition coefficient (Wildman–Crippen LogP) is 1.53. The molecule has 0 aliphatic heterocycles. The molecule has 1 fully saturated rings. The van der Waals surface area contributed by atoms with Crippen molar-refractivity contribution in [3.05, 3.63) is 18.2 Å². The van der Waals surface area contributed by atoms with Gasteiger partial charge in [-0.05, 0) is 12.3 Å². The van der Waals surface area contributed by atoms with E-state index in [1.165, 1.54) is 12.1 Å². The molecule has 3 atom stereocenters. The van der Waals surface area contributed by atoms with Crippen molar-refractivity contribution in [2.75, 3.05) is 6.54 Å². The first-order valence-corrected chi connectivity index (χ1v) is 4.95. The molecule has 72 valence electrons. The van der Waals surface area contributed by atoms with Gasteiger partial charge in [-0.1, -0.05) is 13.8 Å². The van der Waals surface area contributed by atoms with Crippen molar-refractivity contribution in [1.29, 1.82) is 0 Å². The van der Waals surface area contributed by atoms with E-state index < -0.39 is 0 Å². The summed E-state index contributed by atoms with van der Waals surface area (Å²) >= 11 is 0. The Hall–Kier alpha value is -0.830. The molecule has 1 aromatic rings. The van der Waals surface area contributed by atoms with E-state index in [0.717, 1.165) is 5.92 Å². The van der Waals surface area contributed by atoms with Crippen molar-refractivity contribution in [1.82, 2.24) is 9.55 Å². The van der Waals surface area contributed by atoms with Crippen LogP contribution in [0.1, 0.15) is 37.9 Å². The molecule has 13 heavy (non-hydrogen) atoms. The molecule has 0 aromatic carbocycles. The number of aromatic nitrogens is 2. The highest BCUT2D eigenvalue weighted by atomic mass is 15.1. The lowest BCUT2D eigenvalue weighted by Crippen LogP contribution is -2.13. The highest BCUT2D eigenvalue weighted by Gasteiger charge is 2.35. The fraction of sp³-hybridized carbons (Fsp3) is 0.700. The van der Waals surface area contributed by atoms with Gasteiger partial charge in [-0.15, -0.1) is 0 Å². The van der Waals surface area contributed by atoms with Gasteiger partial charge in [0.05, 0.1) is 6.33 Å². The molecule has 1 heterocycles. The smallest absolute Gasteiger partial charge is 0.0950 e. The van der Waals surface area contributed by atoms with Crippen molar-refractivity contribution >= 4 is 0 Å². The molecule has 0 bridgehead atoms. The van der Waals surface area contributed by atoms with Gasteiger partial charge in [-0.25, -0.2) is 4.98 Å². The Morgan fingerprint density at radius 3 is 3.00 bits per heavy atom. The molecule has 3 unspecified atom stereocenters. The van der Waals surface area contributed by atoms with Crippen molar-refractivity contribution in [2.45, 2.75) is 32.2 Å². The van der Waals surface area contributed by atoms with Crippen molar-refractivity contribution in [2.24, 2.45) is 11.7 Å². The second-order valence-electron chi connectivity index (χ2n) is 4.14. The third-order valence-corrected chi connectivity index (χ3v) is 2.98. The molecule has 0 saturated heterocycles. The van der Waals surface area contributed by atoms with Gasteiger partial charge < -0.3 is 10.3 Å². The normalized spacial score (nSPS) is 28.8. The summed E-state index contributed by atoms with van der Waals surface area (Å²) in [6.07, 6.45) is 5.18. The molecular formula is C10H17N3. The highest BCUT2D eigenvalue weighted by molar-refractivity contribution is 5.10. The molecule has 0 radical (unpaired) electrons. The maximum absolute atomic E-state index is 5.65. The third kappa shape index (κ3) is 1.48. The molecular weight excluding hydrogens is 162 g/mol. The van der Waals surface area contributed by atoms with Crippen LogP contribution in [-0.2, 0) is 0 Å². The molecule has 1 aromatic heterocycles. The molecule has 0 amide bonds. The average Bonchev–Trinajstić information content (AvgIpc) is 2.69. The number of hydrogen-bond acceptors (Lipinski definition) is 2. The topological polar surface area (TPSA) is 43.8 Å². The second-order valence-corrected chi connectivity index (χ2v) is 4.14. The fourth-order valence-corrected chi connectivity index (χ4v) is 1.78. The standard InChI is InChI=1S/C10H17N3/c1-7-3-9(7)13-6-12-5-10(13)8(2)4-11/h5-9H,3-4,11H2,1-2H3. The van der Waals surface area contributed by atoms with Gasteiger partial charge in [-0.3, -0.25) is 0 Å². The second kappa shape index (κ2) is 3.14. The lowest BCUT2D eigenvalue weighted by atomic mass is 10.1. The van der Waals surface area contributed by atoms with Crippen LogP contribution in [0.2, 0.25) is 0 Å². The molecule has 1 aliphatic carbocycles. The fourth-order valence-electron chi connectivity index (χ4n) is 1.78. The van der Waals surface area contributed by atoms with Gasteiger partial charge in [0.2, 0.25) is 0 Å². The van der Waals surface area contributed by atoms with Crippen LogP contribution in [0.3, 0.4) is 0 Å². The number of imidazole rings is 1. The molecule has 2 N–H and O–H groups in total. The summed E-state index contributed by atoms with van der Waals surface area (Å²) in [5.41, 5.74) is 6.93.